The summed E-state index contributed by atoms with van der Waals surface area (Å²) < 4.78 is 37.8. The van der Waals surface area contributed by atoms with Crippen molar-refractivity contribution in [2.75, 3.05) is 26.7 Å². The standard InChI is InChI=1S/C25H25F2NO4/c1-31-19-5-7-21-23(14-19)32-15-17(25(21)30)3-2-10-28-11-8-16(9-12-28)24(29)20-6-4-18(26)13-22(20)27/h4-7,13-16H,2-3,8-12H2,1H3. The Bertz CT molecular complexity index is 1180. The molecule has 0 radical (unpaired) electrons. The Morgan fingerprint density at radius 1 is 1.16 bits per heavy atom. The average Bonchev–Trinajstić information content (AvgIpc) is 2.80. The van der Waals surface area contributed by atoms with Crippen molar-refractivity contribution < 1.29 is 22.7 Å². The number of piperidine rings is 1. The fourth-order valence-electron chi connectivity index (χ4n) is 4.27. The van der Waals surface area contributed by atoms with Crippen molar-refractivity contribution in [3.8, 4) is 5.75 Å². The summed E-state index contributed by atoms with van der Waals surface area (Å²) in [4.78, 5) is 27.5. The average molecular weight is 441 g/mol. The monoisotopic (exact) mass is 441 g/mol. The summed E-state index contributed by atoms with van der Waals surface area (Å²) in [6.45, 7) is 2.25. The highest BCUT2D eigenvalue weighted by atomic mass is 19.1. The van der Waals surface area contributed by atoms with Gasteiger partial charge in [-0.25, -0.2) is 8.78 Å². The van der Waals surface area contributed by atoms with Gasteiger partial charge in [0.05, 0.1) is 24.3 Å². The molecule has 1 aliphatic rings. The molecule has 3 aromatic rings. The number of benzene rings is 2. The minimum atomic E-state index is -0.801. The van der Waals surface area contributed by atoms with Crippen LogP contribution in [0.25, 0.3) is 11.0 Å². The number of likely N-dealkylation sites (tertiary alicyclic amines) is 1. The van der Waals surface area contributed by atoms with Crippen molar-refractivity contribution >= 4 is 16.8 Å². The van der Waals surface area contributed by atoms with Gasteiger partial charge >= 0.3 is 0 Å². The largest absolute Gasteiger partial charge is 0.497 e. The molecule has 0 unspecified atom stereocenters. The van der Waals surface area contributed by atoms with Gasteiger partial charge in [-0.15, -0.1) is 0 Å². The first-order valence-corrected chi connectivity index (χ1v) is 10.8. The zero-order valence-electron chi connectivity index (χ0n) is 17.9. The quantitative estimate of drug-likeness (QED) is 0.501. The maximum absolute atomic E-state index is 13.9. The van der Waals surface area contributed by atoms with Crippen molar-refractivity contribution in [3.63, 3.8) is 0 Å². The molecule has 2 heterocycles. The molecule has 1 aliphatic heterocycles. The van der Waals surface area contributed by atoms with Crippen LogP contribution in [0.2, 0.25) is 0 Å². The minimum absolute atomic E-state index is 0.0282. The number of hydrogen-bond acceptors (Lipinski definition) is 5. The van der Waals surface area contributed by atoms with Crippen molar-refractivity contribution in [1.29, 1.82) is 0 Å². The van der Waals surface area contributed by atoms with Gasteiger partial charge in [-0.1, -0.05) is 0 Å². The van der Waals surface area contributed by atoms with E-state index in [0.29, 0.717) is 41.5 Å². The highest BCUT2D eigenvalue weighted by molar-refractivity contribution is 5.98. The summed E-state index contributed by atoms with van der Waals surface area (Å²) >= 11 is 0. The van der Waals surface area contributed by atoms with Gasteiger partial charge in [0, 0.05) is 23.6 Å². The summed E-state index contributed by atoms with van der Waals surface area (Å²) in [5.74, 6) is -1.36. The second-order valence-electron chi connectivity index (χ2n) is 8.16. The van der Waals surface area contributed by atoms with Gasteiger partial charge in [0.2, 0.25) is 0 Å². The minimum Gasteiger partial charge on any atom is -0.497 e. The predicted octanol–water partition coefficient (Wildman–Crippen LogP) is 4.61. The molecule has 1 fully saturated rings. The number of rotatable bonds is 7. The van der Waals surface area contributed by atoms with Crippen LogP contribution < -0.4 is 10.2 Å². The summed E-state index contributed by atoms with van der Waals surface area (Å²) in [6.07, 6.45) is 4.18. The second kappa shape index (κ2) is 9.61. The summed E-state index contributed by atoms with van der Waals surface area (Å²) in [5, 5.41) is 0.538. The molecule has 168 valence electrons. The maximum atomic E-state index is 13.9. The Balaban J connectivity index is 1.29. The number of aryl methyl sites for hydroxylation is 1. The molecule has 0 bridgehead atoms. The van der Waals surface area contributed by atoms with Gasteiger partial charge in [-0.3, -0.25) is 9.59 Å². The summed E-state index contributed by atoms with van der Waals surface area (Å²) in [7, 11) is 1.56. The van der Waals surface area contributed by atoms with Crippen LogP contribution in [-0.4, -0.2) is 37.4 Å². The molecule has 4 rings (SSSR count). The fourth-order valence-corrected chi connectivity index (χ4v) is 4.27. The van der Waals surface area contributed by atoms with Crippen molar-refractivity contribution in [2.24, 2.45) is 5.92 Å². The predicted molar refractivity (Wildman–Crippen MR) is 117 cm³/mol. The van der Waals surface area contributed by atoms with E-state index in [1.165, 1.54) is 12.3 Å². The Labute approximate surface area is 184 Å². The Morgan fingerprint density at radius 3 is 2.66 bits per heavy atom. The molecular formula is C25H25F2NO4. The molecule has 32 heavy (non-hydrogen) atoms. The van der Waals surface area contributed by atoms with E-state index in [2.05, 4.69) is 4.90 Å². The number of hydrogen-bond donors (Lipinski definition) is 0. The van der Waals surface area contributed by atoms with E-state index in [-0.39, 0.29) is 22.7 Å². The van der Waals surface area contributed by atoms with E-state index in [9.17, 15) is 18.4 Å². The van der Waals surface area contributed by atoms with E-state index in [4.69, 9.17) is 9.15 Å². The molecule has 7 heteroatoms. The van der Waals surface area contributed by atoms with Gasteiger partial charge < -0.3 is 14.1 Å². The molecule has 0 spiro atoms. The third-order valence-electron chi connectivity index (χ3n) is 6.13. The van der Waals surface area contributed by atoms with Crippen LogP contribution in [0.4, 0.5) is 8.78 Å². The zero-order chi connectivity index (χ0) is 22.7. The van der Waals surface area contributed by atoms with Crippen LogP contribution in [0.1, 0.15) is 35.2 Å². The van der Waals surface area contributed by atoms with Crippen LogP contribution in [0.3, 0.4) is 0 Å². The summed E-state index contributed by atoms with van der Waals surface area (Å²) in [6, 6.07) is 8.25. The van der Waals surface area contributed by atoms with Gasteiger partial charge in [0.15, 0.2) is 11.2 Å². The lowest BCUT2D eigenvalue weighted by atomic mass is 9.88. The van der Waals surface area contributed by atoms with E-state index in [0.717, 1.165) is 38.2 Å². The first kappa shape index (κ1) is 22.1. The lowest BCUT2D eigenvalue weighted by Gasteiger charge is -2.31. The number of ether oxygens (including phenoxy) is 1. The van der Waals surface area contributed by atoms with Gasteiger partial charge in [-0.2, -0.15) is 0 Å². The maximum Gasteiger partial charge on any atom is 0.195 e. The van der Waals surface area contributed by atoms with Crippen LogP contribution in [-0.2, 0) is 6.42 Å². The van der Waals surface area contributed by atoms with Crippen LogP contribution in [0, 0.1) is 17.6 Å². The molecule has 0 N–H and O–H groups in total. The first-order chi connectivity index (χ1) is 15.5. The molecule has 0 saturated carbocycles. The number of carbonyl (C=O) groups excluding carboxylic acids is 1. The molecule has 0 atom stereocenters. The molecule has 0 amide bonds. The van der Waals surface area contributed by atoms with Gasteiger partial charge in [0.1, 0.15) is 23.0 Å². The molecule has 2 aromatic carbocycles. The number of ketones is 1. The SMILES string of the molecule is COc1ccc2c(=O)c(CCCN3CCC(C(=O)c4ccc(F)cc4F)CC3)coc2c1. The van der Waals surface area contributed by atoms with Crippen LogP contribution in [0.15, 0.2) is 51.9 Å². The lowest BCUT2D eigenvalue weighted by Crippen LogP contribution is -2.37. The normalized spacial score (nSPS) is 15.2. The Morgan fingerprint density at radius 2 is 1.94 bits per heavy atom. The molecular weight excluding hydrogens is 416 g/mol. The second-order valence-corrected chi connectivity index (χ2v) is 8.16. The lowest BCUT2D eigenvalue weighted by molar-refractivity contribution is 0.0835. The van der Waals surface area contributed by atoms with Crippen molar-refractivity contribution in [3.05, 3.63) is 75.6 Å². The molecule has 1 aromatic heterocycles. The van der Waals surface area contributed by atoms with Crippen LogP contribution >= 0.6 is 0 Å². The van der Waals surface area contributed by atoms with E-state index < -0.39 is 11.6 Å². The first-order valence-electron chi connectivity index (χ1n) is 10.8. The highest BCUT2D eigenvalue weighted by Gasteiger charge is 2.27. The van der Waals surface area contributed by atoms with Crippen molar-refractivity contribution in [1.82, 2.24) is 4.90 Å². The van der Waals surface area contributed by atoms with E-state index in [1.807, 2.05) is 0 Å². The number of Topliss-reactive ketones (excluding diaryl/α,β-unsaturated/α-hetero) is 1. The number of halogens is 2. The van der Waals surface area contributed by atoms with Crippen molar-refractivity contribution in [2.45, 2.75) is 25.7 Å². The summed E-state index contributed by atoms with van der Waals surface area (Å²) in [5.41, 5.74) is 1.08. The number of fused-ring (bicyclic) bond motifs is 1. The number of carbonyl (C=O) groups is 1. The topological polar surface area (TPSA) is 59.8 Å². The third kappa shape index (κ3) is 4.72. The molecule has 1 saturated heterocycles. The van der Waals surface area contributed by atoms with E-state index in [1.54, 1.807) is 25.3 Å². The fraction of sp³-hybridized carbons (Fsp3) is 0.360. The van der Waals surface area contributed by atoms with E-state index >= 15 is 0 Å². The van der Waals surface area contributed by atoms with Gasteiger partial charge in [-0.05, 0) is 69.6 Å². The highest BCUT2D eigenvalue weighted by Crippen LogP contribution is 2.24. The third-order valence-corrected chi connectivity index (χ3v) is 6.13. The number of methoxy groups -OCH3 is 1. The zero-order valence-corrected chi connectivity index (χ0v) is 17.9. The smallest absolute Gasteiger partial charge is 0.195 e. The molecule has 0 aliphatic carbocycles. The Kier molecular flexibility index (Phi) is 6.65. The number of nitrogens with zero attached hydrogens (tertiary/aromatic N) is 1. The molecule has 5 nitrogen and oxygen atoms in total. The Hall–Kier alpha value is -3.06. The van der Waals surface area contributed by atoms with Crippen LogP contribution in [0.5, 0.6) is 5.75 Å². The van der Waals surface area contributed by atoms with Gasteiger partial charge in [0.25, 0.3) is 0 Å².